The quantitative estimate of drug-likeness (QED) is 0.821. The van der Waals surface area contributed by atoms with Gasteiger partial charge in [-0.3, -0.25) is 4.79 Å². The Kier molecular flexibility index (Phi) is 4.90. The zero-order chi connectivity index (χ0) is 17.2. The summed E-state index contributed by atoms with van der Waals surface area (Å²) in [4.78, 5) is 24.9. The second-order valence-corrected chi connectivity index (χ2v) is 7.10. The van der Waals surface area contributed by atoms with E-state index in [-0.39, 0.29) is 35.9 Å². The number of carboxylic acid groups (broad SMARTS) is 1. The van der Waals surface area contributed by atoms with Crippen molar-refractivity contribution in [2.45, 2.75) is 11.0 Å². The number of aliphatic carboxylic acids is 1. The van der Waals surface area contributed by atoms with Crippen molar-refractivity contribution in [2.75, 3.05) is 33.1 Å². The number of carbonyl (C=O) groups excluding carboxylic acids is 1. The van der Waals surface area contributed by atoms with Crippen molar-refractivity contribution in [3.63, 3.8) is 0 Å². The van der Waals surface area contributed by atoms with Gasteiger partial charge in [0.05, 0.1) is 30.7 Å². The molecule has 0 radical (unpaired) electrons. The van der Waals surface area contributed by atoms with E-state index in [0.29, 0.717) is 0 Å². The third-order valence-corrected chi connectivity index (χ3v) is 4.57. The Morgan fingerprint density at radius 3 is 2.65 bits per heavy atom. The number of ether oxygens (including phenoxy) is 2. The number of morpholine rings is 1. The fourth-order valence-electron chi connectivity index (χ4n) is 2.24. The first-order valence-electron chi connectivity index (χ1n) is 6.76. The molecule has 0 spiro atoms. The molecule has 1 amide bonds. The molecule has 9 heteroatoms. The standard InChI is InChI=1S/C14H17NO7S/c1-21-11-4-3-9(23(2,19)20)7-10(11)13(16)15-5-6-22-12(8-15)14(17)18/h3-4,7,12H,5-6,8H2,1-2H3,(H,17,18). The van der Waals surface area contributed by atoms with Gasteiger partial charge in [0, 0.05) is 12.8 Å². The Morgan fingerprint density at radius 2 is 2.09 bits per heavy atom. The summed E-state index contributed by atoms with van der Waals surface area (Å²) in [7, 11) is -2.12. The third-order valence-electron chi connectivity index (χ3n) is 3.46. The van der Waals surface area contributed by atoms with Gasteiger partial charge in [-0.25, -0.2) is 13.2 Å². The van der Waals surface area contributed by atoms with Crippen LogP contribution in [0.15, 0.2) is 23.1 Å². The van der Waals surface area contributed by atoms with E-state index in [1.54, 1.807) is 0 Å². The van der Waals surface area contributed by atoms with E-state index in [1.807, 2.05) is 0 Å². The van der Waals surface area contributed by atoms with Crippen molar-refractivity contribution >= 4 is 21.7 Å². The number of amides is 1. The van der Waals surface area contributed by atoms with Crippen molar-refractivity contribution in [2.24, 2.45) is 0 Å². The second kappa shape index (κ2) is 6.55. The van der Waals surface area contributed by atoms with Crippen LogP contribution in [0.4, 0.5) is 0 Å². The van der Waals surface area contributed by atoms with Crippen LogP contribution < -0.4 is 4.74 Å². The van der Waals surface area contributed by atoms with Crippen molar-refractivity contribution in [1.82, 2.24) is 4.90 Å². The average Bonchev–Trinajstić information content (AvgIpc) is 2.52. The highest BCUT2D eigenvalue weighted by Gasteiger charge is 2.31. The highest BCUT2D eigenvalue weighted by atomic mass is 32.2. The minimum Gasteiger partial charge on any atom is -0.496 e. The van der Waals surface area contributed by atoms with Crippen LogP contribution in [-0.4, -0.2) is 69.5 Å². The van der Waals surface area contributed by atoms with E-state index in [9.17, 15) is 18.0 Å². The first-order valence-corrected chi connectivity index (χ1v) is 8.65. The summed E-state index contributed by atoms with van der Waals surface area (Å²) in [5.41, 5.74) is 0.0708. The van der Waals surface area contributed by atoms with Crippen molar-refractivity contribution in [1.29, 1.82) is 0 Å². The SMILES string of the molecule is COc1ccc(S(C)(=O)=O)cc1C(=O)N1CCOC(C(=O)O)C1. The number of carboxylic acids is 1. The molecule has 0 bridgehead atoms. The minimum atomic E-state index is -3.48. The molecule has 23 heavy (non-hydrogen) atoms. The van der Waals surface area contributed by atoms with Gasteiger partial charge in [0.25, 0.3) is 5.91 Å². The topological polar surface area (TPSA) is 110 Å². The van der Waals surface area contributed by atoms with E-state index >= 15 is 0 Å². The van der Waals surface area contributed by atoms with Gasteiger partial charge in [-0.05, 0) is 18.2 Å². The number of carbonyl (C=O) groups is 2. The number of methoxy groups -OCH3 is 1. The lowest BCUT2D eigenvalue weighted by atomic mass is 10.1. The molecule has 1 atom stereocenters. The minimum absolute atomic E-state index is 0.00954. The lowest BCUT2D eigenvalue weighted by Crippen LogP contribution is -2.48. The number of benzene rings is 1. The van der Waals surface area contributed by atoms with E-state index in [0.717, 1.165) is 6.26 Å². The van der Waals surface area contributed by atoms with Gasteiger partial charge in [0.15, 0.2) is 15.9 Å². The predicted molar refractivity (Wildman–Crippen MR) is 79.4 cm³/mol. The Bertz CT molecular complexity index is 729. The summed E-state index contributed by atoms with van der Waals surface area (Å²) < 4.78 is 33.5. The first-order chi connectivity index (χ1) is 10.7. The zero-order valence-electron chi connectivity index (χ0n) is 12.7. The summed E-state index contributed by atoms with van der Waals surface area (Å²) in [6, 6.07) is 3.99. The Morgan fingerprint density at radius 1 is 1.39 bits per heavy atom. The number of sulfone groups is 1. The summed E-state index contributed by atoms with van der Waals surface area (Å²) >= 11 is 0. The first kappa shape index (κ1) is 17.2. The van der Waals surface area contributed by atoms with Gasteiger partial charge in [-0.15, -0.1) is 0 Å². The highest BCUT2D eigenvalue weighted by Crippen LogP contribution is 2.24. The van der Waals surface area contributed by atoms with Gasteiger partial charge in [0.1, 0.15) is 5.75 Å². The molecular weight excluding hydrogens is 326 g/mol. The molecule has 1 unspecified atom stereocenters. The third kappa shape index (κ3) is 3.80. The van der Waals surface area contributed by atoms with Crippen LogP contribution in [0.3, 0.4) is 0 Å². The molecule has 1 heterocycles. The van der Waals surface area contributed by atoms with Crippen LogP contribution in [-0.2, 0) is 19.4 Å². The molecule has 0 aromatic heterocycles. The molecule has 1 aliphatic heterocycles. The molecule has 8 nitrogen and oxygen atoms in total. The number of hydrogen-bond acceptors (Lipinski definition) is 6. The molecule has 1 aromatic carbocycles. The Balaban J connectivity index is 2.36. The molecular formula is C14H17NO7S. The van der Waals surface area contributed by atoms with Crippen LogP contribution in [0.2, 0.25) is 0 Å². The number of hydrogen-bond donors (Lipinski definition) is 1. The van der Waals surface area contributed by atoms with Crippen molar-refractivity contribution < 1.29 is 32.6 Å². The molecule has 126 valence electrons. The van der Waals surface area contributed by atoms with Gasteiger partial charge in [0.2, 0.25) is 0 Å². The molecule has 1 aromatic rings. The van der Waals surface area contributed by atoms with Gasteiger partial charge in [-0.1, -0.05) is 0 Å². The summed E-state index contributed by atoms with van der Waals surface area (Å²) in [6.45, 7) is 0.200. The summed E-state index contributed by atoms with van der Waals surface area (Å²) in [5.74, 6) is -1.43. The Hall–Kier alpha value is -2.13. The maximum atomic E-state index is 12.6. The zero-order valence-corrected chi connectivity index (χ0v) is 13.5. The maximum absolute atomic E-state index is 12.6. The van der Waals surface area contributed by atoms with Crippen LogP contribution in [0.1, 0.15) is 10.4 Å². The maximum Gasteiger partial charge on any atom is 0.334 e. The van der Waals surface area contributed by atoms with E-state index in [1.165, 1.54) is 30.2 Å². The molecule has 1 aliphatic rings. The van der Waals surface area contributed by atoms with E-state index < -0.39 is 27.8 Å². The summed E-state index contributed by atoms with van der Waals surface area (Å²) in [6.07, 6.45) is -0.0603. The summed E-state index contributed by atoms with van der Waals surface area (Å²) in [5, 5.41) is 8.99. The normalized spacial score (nSPS) is 18.5. The fraction of sp³-hybridized carbons (Fsp3) is 0.429. The smallest absolute Gasteiger partial charge is 0.334 e. The molecule has 1 fully saturated rings. The monoisotopic (exact) mass is 343 g/mol. The van der Waals surface area contributed by atoms with Crippen LogP contribution in [0.5, 0.6) is 5.75 Å². The van der Waals surface area contributed by atoms with E-state index in [4.69, 9.17) is 14.6 Å². The van der Waals surface area contributed by atoms with Gasteiger partial charge < -0.3 is 19.5 Å². The van der Waals surface area contributed by atoms with Crippen molar-refractivity contribution in [3.8, 4) is 5.75 Å². The fourth-order valence-corrected chi connectivity index (χ4v) is 2.89. The van der Waals surface area contributed by atoms with Crippen molar-refractivity contribution in [3.05, 3.63) is 23.8 Å². The van der Waals surface area contributed by atoms with E-state index in [2.05, 4.69) is 0 Å². The Labute approximate surface area is 133 Å². The largest absolute Gasteiger partial charge is 0.496 e. The van der Waals surface area contributed by atoms with Gasteiger partial charge in [-0.2, -0.15) is 0 Å². The predicted octanol–water partition coefficient (Wildman–Crippen LogP) is 0.0243. The van der Waals surface area contributed by atoms with Crippen LogP contribution in [0, 0.1) is 0 Å². The highest BCUT2D eigenvalue weighted by molar-refractivity contribution is 7.90. The average molecular weight is 343 g/mol. The number of nitrogens with zero attached hydrogens (tertiary/aromatic N) is 1. The van der Waals surface area contributed by atoms with Crippen LogP contribution >= 0.6 is 0 Å². The van der Waals surface area contributed by atoms with Crippen LogP contribution in [0.25, 0.3) is 0 Å². The van der Waals surface area contributed by atoms with Gasteiger partial charge >= 0.3 is 5.97 Å². The second-order valence-electron chi connectivity index (χ2n) is 5.08. The number of rotatable bonds is 4. The molecule has 0 aliphatic carbocycles. The molecule has 0 saturated carbocycles. The lowest BCUT2D eigenvalue weighted by Gasteiger charge is -2.31. The molecule has 2 rings (SSSR count). The lowest BCUT2D eigenvalue weighted by molar-refractivity contribution is -0.154. The molecule has 1 N–H and O–H groups in total. The molecule has 1 saturated heterocycles.